The summed E-state index contributed by atoms with van der Waals surface area (Å²) in [6, 6.07) is 7.02. The van der Waals surface area contributed by atoms with E-state index in [-0.39, 0.29) is 12.1 Å². The van der Waals surface area contributed by atoms with Gasteiger partial charge in [0.15, 0.2) is 0 Å². The average molecular weight is 405 g/mol. The quantitative estimate of drug-likeness (QED) is 0.501. The molecule has 23 heavy (non-hydrogen) atoms. The fraction of sp³-hybridized carbons (Fsp3) is 0.588. The van der Waals surface area contributed by atoms with Crippen molar-refractivity contribution >= 4 is 33.6 Å². The number of benzene rings is 1. The van der Waals surface area contributed by atoms with Crippen LogP contribution >= 0.6 is 27.5 Å². The molecule has 0 spiro atoms. The van der Waals surface area contributed by atoms with Crippen LogP contribution < -0.4 is 4.74 Å². The number of hydrogen-bond donors (Lipinski definition) is 0. The Morgan fingerprint density at radius 2 is 1.91 bits per heavy atom. The Morgan fingerprint density at radius 1 is 1.26 bits per heavy atom. The molecule has 1 aliphatic rings. The monoisotopic (exact) mass is 403 g/mol. The standard InChI is InChI=1S/C17H23BrClNO3/c1-20(17(21)23-16-7-3-13(19)4-8-16)14-5-9-15(10-6-14)22-12-2-11-18/h3-4,7-8,14-15H,2,5-6,9-12H2,1H3. The van der Waals surface area contributed by atoms with Crippen LogP contribution in [0.4, 0.5) is 4.79 Å². The van der Waals surface area contributed by atoms with Gasteiger partial charge < -0.3 is 14.4 Å². The van der Waals surface area contributed by atoms with Crippen molar-refractivity contribution in [2.24, 2.45) is 0 Å². The van der Waals surface area contributed by atoms with Crippen LogP contribution in [0.5, 0.6) is 5.75 Å². The number of amides is 1. The molecule has 2 rings (SSSR count). The molecule has 1 amide bonds. The van der Waals surface area contributed by atoms with Crippen molar-refractivity contribution in [3.8, 4) is 5.75 Å². The topological polar surface area (TPSA) is 38.8 Å². The van der Waals surface area contributed by atoms with Gasteiger partial charge in [-0.3, -0.25) is 0 Å². The third-order valence-corrected chi connectivity index (χ3v) is 4.94. The first-order chi connectivity index (χ1) is 11.1. The predicted molar refractivity (Wildman–Crippen MR) is 95.6 cm³/mol. The zero-order valence-corrected chi connectivity index (χ0v) is 15.7. The first-order valence-electron chi connectivity index (χ1n) is 7.98. The highest BCUT2D eigenvalue weighted by atomic mass is 79.9. The van der Waals surface area contributed by atoms with Crippen molar-refractivity contribution in [1.29, 1.82) is 0 Å². The number of carbonyl (C=O) groups excluding carboxylic acids is 1. The minimum Gasteiger partial charge on any atom is -0.410 e. The summed E-state index contributed by atoms with van der Waals surface area (Å²) in [6.45, 7) is 0.801. The maximum atomic E-state index is 12.2. The van der Waals surface area contributed by atoms with Gasteiger partial charge in [-0.25, -0.2) is 4.79 Å². The second kappa shape index (κ2) is 9.50. The Hall–Kier alpha value is -0.780. The highest BCUT2D eigenvalue weighted by Crippen LogP contribution is 2.25. The summed E-state index contributed by atoms with van der Waals surface area (Å²) in [4.78, 5) is 13.9. The third kappa shape index (κ3) is 5.98. The van der Waals surface area contributed by atoms with Crippen LogP contribution in [0, 0.1) is 0 Å². The van der Waals surface area contributed by atoms with Gasteiger partial charge in [0, 0.05) is 30.0 Å². The molecule has 0 saturated heterocycles. The summed E-state index contributed by atoms with van der Waals surface area (Å²) in [7, 11) is 1.80. The number of alkyl halides is 1. The molecule has 1 aromatic rings. The molecule has 0 aliphatic heterocycles. The first kappa shape index (κ1) is 18.6. The van der Waals surface area contributed by atoms with Crippen LogP contribution in [0.1, 0.15) is 32.1 Å². The second-order valence-electron chi connectivity index (χ2n) is 5.78. The lowest BCUT2D eigenvalue weighted by Crippen LogP contribution is -2.42. The molecule has 6 heteroatoms. The molecule has 1 saturated carbocycles. The van der Waals surface area contributed by atoms with Crippen molar-refractivity contribution in [1.82, 2.24) is 4.90 Å². The summed E-state index contributed by atoms with van der Waals surface area (Å²) in [6.07, 6.45) is 4.92. The highest BCUT2D eigenvalue weighted by molar-refractivity contribution is 9.09. The van der Waals surface area contributed by atoms with E-state index in [2.05, 4.69) is 15.9 Å². The van der Waals surface area contributed by atoms with Gasteiger partial charge in [0.2, 0.25) is 0 Å². The molecule has 1 fully saturated rings. The Morgan fingerprint density at radius 3 is 2.52 bits per heavy atom. The van der Waals surface area contributed by atoms with Crippen molar-refractivity contribution in [2.75, 3.05) is 19.0 Å². The second-order valence-corrected chi connectivity index (χ2v) is 7.01. The number of halogens is 2. The van der Waals surface area contributed by atoms with E-state index >= 15 is 0 Å². The smallest absolute Gasteiger partial charge is 0.410 e. The number of carbonyl (C=O) groups is 1. The van der Waals surface area contributed by atoms with Crippen molar-refractivity contribution in [3.05, 3.63) is 29.3 Å². The van der Waals surface area contributed by atoms with Crippen LogP contribution in [-0.4, -0.2) is 42.1 Å². The van der Waals surface area contributed by atoms with Crippen molar-refractivity contribution in [2.45, 2.75) is 44.2 Å². The van der Waals surface area contributed by atoms with Gasteiger partial charge in [-0.15, -0.1) is 0 Å². The van der Waals surface area contributed by atoms with Crippen LogP contribution in [0.15, 0.2) is 24.3 Å². The Balaban J connectivity index is 1.76. The van der Waals surface area contributed by atoms with Crippen LogP contribution in [-0.2, 0) is 4.74 Å². The van der Waals surface area contributed by atoms with Gasteiger partial charge >= 0.3 is 6.09 Å². The molecule has 1 aromatic carbocycles. The summed E-state index contributed by atoms with van der Waals surface area (Å²) in [5, 5.41) is 1.60. The number of hydrogen-bond acceptors (Lipinski definition) is 3. The van der Waals surface area contributed by atoms with E-state index < -0.39 is 0 Å². The number of rotatable bonds is 6. The maximum absolute atomic E-state index is 12.2. The lowest BCUT2D eigenvalue weighted by Gasteiger charge is -2.34. The van der Waals surface area contributed by atoms with Gasteiger partial charge in [-0.2, -0.15) is 0 Å². The van der Waals surface area contributed by atoms with Crippen LogP contribution in [0.2, 0.25) is 5.02 Å². The summed E-state index contributed by atoms with van der Waals surface area (Å²) in [5.41, 5.74) is 0. The SMILES string of the molecule is CN(C(=O)Oc1ccc(Cl)cc1)C1CCC(OCCCBr)CC1. The lowest BCUT2D eigenvalue weighted by molar-refractivity contribution is 0.0130. The van der Waals surface area contributed by atoms with Gasteiger partial charge in [0.25, 0.3) is 0 Å². The number of nitrogens with zero attached hydrogens (tertiary/aromatic N) is 1. The van der Waals surface area contributed by atoms with E-state index in [4.69, 9.17) is 21.1 Å². The summed E-state index contributed by atoms with van der Waals surface area (Å²) < 4.78 is 11.2. The average Bonchev–Trinajstić information content (AvgIpc) is 2.57. The van der Waals surface area contributed by atoms with E-state index in [9.17, 15) is 4.79 Å². The van der Waals surface area contributed by atoms with Crippen molar-refractivity contribution in [3.63, 3.8) is 0 Å². The third-order valence-electron chi connectivity index (χ3n) is 4.13. The Kier molecular flexibility index (Phi) is 7.66. The fourth-order valence-corrected chi connectivity index (χ4v) is 3.08. The molecule has 0 bridgehead atoms. The summed E-state index contributed by atoms with van der Waals surface area (Å²) >= 11 is 9.23. The van der Waals surface area contributed by atoms with E-state index in [1.54, 1.807) is 36.2 Å². The zero-order chi connectivity index (χ0) is 16.7. The van der Waals surface area contributed by atoms with Crippen LogP contribution in [0.25, 0.3) is 0 Å². The van der Waals surface area contributed by atoms with Gasteiger partial charge in [-0.05, 0) is 56.4 Å². The summed E-state index contributed by atoms with van der Waals surface area (Å²) in [5.74, 6) is 0.512. The van der Waals surface area contributed by atoms with Gasteiger partial charge in [-0.1, -0.05) is 27.5 Å². The Bertz CT molecular complexity index is 489. The largest absolute Gasteiger partial charge is 0.415 e. The number of ether oxygens (including phenoxy) is 2. The molecular weight excluding hydrogens is 382 g/mol. The zero-order valence-electron chi connectivity index (χ0n) is 13.3. The van der Waals surface area contributed by atoms with Gasteiger partial charge in [0.05, 0.1) is 6.10 Å². The molecule has 128 valence electrons. The van der Waals surface area contributed by atoms with E-state index in [1.165, 1.54) is 0 Å². The van der Waals surface area contributed by atoms with E-state index in [0.717, 1.165) is 44.0 Å². The maximum Gasteiger partial charge on any atom is 0.415 e. The molecule has 0 radical (unpaired) electrons. The molecule has 0 unspecified atom stereocenters. The molecule has 0 N–H and O–H groups in total. The first-order valence-corrected chi connectivity index (χ1v) is 9.48. The molecule has 0 aromatic heterocycles. The molecule has 0 heterocycles. The van der Waals surface area contributed by atoms with Crippen molar-refractivity contribution < 1.29 is 14.3 Å². The molecule has 1 aliphatic carbocycles. The Labute approximate surface area is 151 Å². The minimum atomic E-state index is -0.323. The highest BCUT2D eigenvalue weighted by Gasteiger charge is 2.27. The minimum absolute atomic E-state index is 0.214. The predicted octanol–water partition coefficient (Wildman–Crippen LogP) is 4.88. The van der Waals surface area contributed by atoms with E-state index in [0.29, 0.717) is 16.9 Å². The molecular formula is C17H23BrClNO3. The normalized spacial score (nSPS) is 21.0. The van der Waals surface area contributed by atoms with E-state index in [1.807, 2.05) is 0 Å². The molecule has 0 atom stereocenters. The fourth-order valence-electron chi connectivity index (χ4n) is 2.73. The van der Waals surface area contributed by atoms with Gasteiger partial charge in [0.1, 0.15) is 5.75 Å². The lowest BCUT2D eigenvalue weighted by atomic mass is 9.92. The van der Waals surface area contributed by atoms with Crippen LogP contribution in [0.3, 0.4) is 0 Å². The molecule has 4 nitrogen and oxygen atoms in total.